The molecule has 0 amide bonds. The maximum absolute atomic E-state index is 4.60. The molecule has 3 rings (SSSR count). The first kappa shape index (κ1) is 13.1. The third-order valence-corrected chi connectivity index (χ3v) is 4.91. The molecule has 1 fully saturated rings. The number of nitrogens with one attached hydrogen (secondary N) is 1. The maximum Gasteiger partial charge on any atom is 0.194 e. The molecule has 0 atom stereocenters. The molecule has 5 heteroatoms. The summed E-state index contributed by atoms with van der Waals surface area (Å²) in [7, 11) is 0. The van der Waals surface area contributed by atoms with Crippen molar-refractivity contribution in [1.29, 1.82) is 0 Å². The molecule has 0 aromatic carbocycles. The molecule has 19 heavy (non-hydrogen) atoms. The largest absolute Gasteiger partial charge is 0.308 e. The lowest BCUT2D eigenvalue weighted by molar-refractivity contribution is 0.205. The minimum atomic E-state index is 0.659. The third kappa shape index (κ3) is 2.68. The molecule has 4 nitrogen and oxygen atoms in total. The summed E-state index contributed by atoms with van der Waals surface area (Å²) in [5.41, 5.74) is 2.47. The number of rotatable bonds is 4. The van der Waals surface area contributed by atoms with Gasteiger partial charge in [-0.3, -0.25) is 4.40 Å². The van der Waals surface area contributed by atoms with Crippen LogP contribution in [-0.2, 0) is 6.54 Å². The summed E-state index contributed by atoms with van der Waals surface area (Å²) >= 11 is 1.70. The second-order valence-corrected chi connectivity index (χ2v) is 6.16. The molecule has 0 bridgehead atoms. The summed E-state index contributed by atoms with van der Waals surface area (Å²) in [5, 5.41) is 5.81. The van der Waals surface area contributed by atoms with Crippen molar-refractivity contribution in [2.75, 3.05) is 19.6 Å². The number of hydrogen-bond acceptors (Lipinski definition) is 4. The molecule has 2 aromatic heterocycles. The van der Waals surface area contributed by atoms with E-state index in [2.05, 4.69) is 45.0 Å². The van der Waals surface area contributed by atoms with Gasteiger partial charge in [0.15, 0.2) is 4.96 Å². The fourth-order valence-corrected chi connectivity index (χ4v) is 3.63. The monoisotopic (exact) mass is 278 g/mol. The van der Waals surface area contributed by atoms with Crippen molar-refractivity contribution in [2.45, 2.75) is 39.3 Å². The molecule has 0 aliphatic carbocycles. The molecule has 0 spiro atoms. The standard InChI is InChI=1S/C14H22N4S/c1-3-17-6-4-12(5-7-17)15-10-13-11(2)16-14-18(13)8-9-19-14/h8-9,12,15H,3-7,10H2,1-2H3. The predicted octanol–water partition coefficient (Wildman–Crippen LogP) is 2.28. The fraction of sp³-hybridized carbons (Fsp3) is 0.643. The highest BCUT2D eigenvalue weighted by Gasteiger charge is 2.18. The van der Waals surface area contributed by atoms with E-state index >= 15 is 0 Å². The van der Waals surface area contributed by atoms with E-state index < -0.39 is 0 Å². The van der Waals surface area contributed by atoms with Crippen LogP contribution >= 0.6 is 11.3 Å². The number of aryl methyl sites for hydroxylation is 1. The minimum absolute atomic E-state index is 0.659. The van der Waals surface area contributed by atoms with E-state index in [1.54, 1.807) is 11.3 Å². The number of thiazole rings is 1. The van der Waals surface area contributed by atoms with Crippen molar-refractivity contribution in [1.82, 2.24) is 19.6 Å². The number of hydrogen-bond donors (Lipinski definition) is 1. The molecule has 0 radical (unpaired) electrons. The van der Waals surface area contributed by atoms with Crippen LogP contribution in [0.4, 0.5) is 0 Å². The van der Waals surface area contributed by atoms with Crippen LogP contribution in [0.5, 0.6) is 0 Å². The van der Waals surface area contributed by atoms with Gasteiger partial charge in [-0.2, -0.15) is 0 Å². The Morgan fingerprint density at radius 2 is 2.21 bits per heavy atom. The second kappa shape index (κ2) is 5.61. The summed E-state index contributed by atoms with van der Waals surface area (Å²) < 4.78 is 2.22. The highest BCUT2D eigenvalue weighted by atomic mass is 32.1. The Morgan fingerprint density at radius 1 is 1.42 bits per heavy atom. The number of likely N-dealkylation sites (tertiary alicyclic amines) is 1. The summed E-state index contributed by atoms with van der Waals surface area (Å²) in [6.07, 6.45) is 4.65. The molecule has 1 aliphatic heterocycles. The third-order valence-electron chi connectivity index (χ3n) is 4.15. The Bertz CT molecular complexity index is 537. The molecule has 2 aromatic rings. The Balaban J connectivity index is 1.60. The van der Waals surface area contributed by atoms with Crippen LogP contribution in [0.1, 0.15) is 31.2 Å². The molecule has 3 heterocycles. The van der Waals surface area contributed by atoms with Crippen molar-refractivity contribution in [2.24, 2.45) is 0 Å². The van der Waals surface area contributed by atoms with Crippen LogP contribution in [-0.4, -0.2) is 40.0 Å². The topological polar surface area (TPSA) is 32.6 Å². The lowest BCUT2D eigenvalue weighted by atomic mass is 10.1. The number of imidazole rings is 1. The quantitative estimate of drug-likeness (QED) is 0.931. The maximum atomic E-state index is 4.60. The molecule has 1 aliphatic rings. The average molecular weight is 278 g/mol. The number of fused-ring (bicyclic) bond motifs is 1. The molecule has 0 unspecified atom stereocenters. The van der Waals surface area contributed by atoms with E-state index in [1.165, 1.54) is 38.2 Å². The first-order valence-corrected chi connectivity index (χ1v) is 8.02. The van der Waals surface area contributed by atoms with Crippen molar-refractivity contribution in [3.63, 3.8) is 0 Å². The Kier molecular flexibility index (Phi) is 3.86. The van der Waals surface area contributed by atoms with Crippen LogP contribution in [0.25, 0.3) is 4.96 Å². The molecular formula is C14H22N4S. The zero-order valence-electron chi connectivity index (χ0n) is 11.7. The zero-order valence-corrected chi connectivity index (χ0v) is 12.5. The van der Waals surface area contributed by atoms with Gasteiger partial charge in [-0.15, -0.1) is 11.3 Å². The van der Waals surface area contributed by atoms with Crippen LogP contribution in [0.2, 0.25) is 0 Å². The first-order valence-electron chi connectivity index (χ1n) is 7.14. The van der Waals surface area contributed by atoms with Gasteiger partial charge in [-0.1, -0.05) is 6.92 Å². The predicted molar refractivity (Wildman–Crippen MR) is 79.8 cm³/mol. The van der Waals surface area contributed by atoms with E-state index in [9.17, 15) is 0 Å². The van der Waals surface area contributed by atoms with Gasteiger partial charge in [0.25, 0.3) is 0 Å². The van der Waals surface area contributed by atoms with Gasteiger partial charge in [0.05, 0.1) is 11.4 Å². The van der Waals surface area contributed by atoms with Gasteiger partial charge in [-0.05, 0) is 39.4 Å². The fourth-order valence-electron chi connectivity index (χ4n) is 2.85. The first-order chi connectivity index (χ1) is 9.28. The van der Waals surface area contributed by atoms with Gasteiger partial charge < -0.3 is 10.2 Å². The molecule has 0 saturated carbocycles. The number of aromatic nitrogens is 2. The van der Waals surface area contributed by atoms with Gasteiger partial charge in [0, 0.05) is 24.2 Å². The summed E-state index contributed by atoms with van der Waals surface area (Å²) in [6, 6.07) is 0.659. The number of piperidine rings is 1. The van der Waals surface area contributed by atoms with Crippen LogP contribution in [0.3, 0.4) is 0 Å². The minimum Gasteiger partial charge on any atom is -0.308 e. The summed E-state index contributed by atoms with van der Waals surface area (Å²) in [5.74, 6) is 0. The van der Waals surface area contributed by atoms with Gasteiger partial charge >= 0.3 is 0 Å². The van der Waals surface area contributed by atoms with Crippen LogP contribution < -0.4 is 5.32 Å². The summed E-state index contributed by atoms with van der Waals surface area (Å²) in [4.78, 5) is 8.23. The highest BCUT2D eigenvalue weighted by molar-refractivity contribution is 7.15. The Morgan fingerprint density at radius 3 is 2.95 bits per heavy atom. The van der Waals surface area contributed by atoms with E-state index in [4.69, 9.17) is 0 Å². The van der Waals surface area contributed by atoms with Crippen LogP contribution in [0.15, 0.2) is 11.6 Å². The van der Waals surface area contributed by atoms with E-state index in [-0.39, 0.29) is 0 Å². The van der Waals surface area contributed by atoms with E-state index in [0.29, 0.717) is 6.04 Å². The number of nitrogens with zero attached hydrogens (tertiary/aromatic N) is 3. The molecule has 104 valence electrons. The van der Waals surface area contributed by atoms with Crippen molar-refractivity contribution in [3.8, 4) is 0 Å². The Labute approximate surface area is 118 Å². The summed E-state index contributed by atoms with van der Waals surface area (Å²) in [6.45, 7) is 8.93. The smallest absolute Gasteiger partial charge is 0.194 e. The zero-order chi connectivity index (χ0) is 13.2. The second-order valence-electron chi connectivity index (χ2n) is 5.29. The SMILES string of the molecule is CCN1CCC(NCc2c(C)nc3sccn23)CC1. The average Bonchev–Trinajstić information content (AvgIpc) is 2.98. The van der Waals surface area contributed by atoms with Gasteiger partial charge in [0.2, 0.25) is 0 Å². The van der Waals surface area contributed by atoms with Crippen molar-refractivity contribution >= 4 is 16.3 Å². The normalized spacial score (nSPS) is 18.4. The molecular weight excluding hydrogens is 256 g/mol. The lowest BCUT2D eigenvalue weighted by Crippen LogP contribution is -2.42. The lowest BCUT2D eigenvalue weighted by Gasteiger charge is -2.31. The van der Waals surface area contributed by atoms with Crippen LogP contribution in [0, 0.1) is 6.92 Å². The van der Waals surface area contributed by atoms with E-state index in [1.807, 2.05) is 0 Å². The molecule has 1 saturated heterocycles. The Hall–Kier alpha value is -0.910. The molecule has 1 N–H and O–H groups in total. The van der Waals surface area contributed by atoms with Crippen molar-refractivity contribution < 1.29 is 0 Å². The van der Waals surface area contributed by atoms with Crippen molar-refractivity contribution in [3.05, 3.63) is 23.0 Å². The van der Waals surface area contributed by atoms with Gasteiger partial charge in [0.1, 0.15) is 0 Å². The van der Waals surface area contributed by atoms with E-state index in [0.717, 1.165) is 17.2 Å². The highest BCUT2D eigenvalue weighted by Crippen LogP contribution is 2.17. The van der Waals surface area contributed by atoms with Gasteiger partial charge in [-0.25, -0.2) is 4.98 Å².